The Balaban J connectivity index is 0.000000309. The molecule has 0 spiro atoms. The van der Waals surface area contributed by atoms with Crippen LogP contribution < -0.4 is 5.73 Å². The first-order valence-corrected chi connectivity index (χ1v) is 7.49. The zero-order chi connectivity index (χ0) is 15.6. The average Bonchev–Trinajstić information content (AvgIpc) is 3.08. The van der Waals surface area contributed by atoms with Crippen molar-refractivity contribution < 1.29 is 4.42 Å². The zero-order valence-electron chi connectivity index (χ0n) is 12.8. The Morgan fingerprint density at radius 2 is 1.27 bits per heavy atom. The van der Waals surface area contributed by atoms with Crippen LogP contribution in [0.1, 0.15) is 19.8 Å². The maximum Gasteiger partial charge on any atom is 0.248 e. The molecule has 0 saturated heterocycles. The van der Waals surface area contributed by atoms with Crippen molar-refractivity contribution in [3.05, 3.63) is 60.7 Å². The Hall–Kier alpha value is -2.46. The predicted molar refractivity (Wildman–Crippen MR) is 89.1 cm³/mol. The van der Waals surface area contributed by atoms with E-state index in [1.807, 2.05) is 60.7 Å². The van der Waals surface area contributed by atoms with Gasteiger partial charge in [-0.05, 0) is 37.2 Å². The molecule has 0 aliphatic carbocycles. The number of rotatable bonds is 4. The van der Waals surface area contributed by atoms with Gasteiger partial charge in [-0.25, -0.2) is 0 Å². The average molecular weight is 295 g/mol. The second-order valence-electron chi connectivity index (χ2n) is 4.79. The molecule has 0 aliphatic heterocycles. The normalized spacial score (nSPS) is 9.91. The number of nitrogens with two attached hydrogens (primary N) is 1. The van der Waals surface area contributed by atoms with E-state index >= 15 is 0 Å². The molecule has 0 aliphatic rings. The second-order valence-corrected chi connectivity index (χ2v) is 4.79. The largest absolute Gasteiger partial charge is 0.416 e. The van der Waals surface area contributed by atoms with Gasteiger partial charge in [-0.1, -0.05) is 49.7 Å². The lowest BCUT2D eigenvalue weighted by Gasteiger charge is -1.93. The highest BCUT2D eigenvalue weighted by molar-refractivity contribution is 5.57. The van der Waals surface area contributed by atoms with E-state index < -0.39 is 0 Å². The molecule has 0 bridgehead atoms. The minimum Gasteiger partial charge on any atom is -0.416 e. The summed E-state index contributed by atoms with van der Waals surface area (Å²) in [5, 5.41) is 8.09. The standard InChI is InChI=1S/C14H10N2O.C4H11N/c1-3-7-11(8-4-1)13-15-16-14(17-13)12-9-5-2-6-10-12;1-2-3-4-5/h1-10H;2-5H2,1H3. The van der Waals surface area contributed by atoms with Crippen molar-refractivity contribution in [1.29, 1.82) is 0 Å². The number of nitrogens with zero attached hydrogens (tertiary/aromatic N) is 2. The van der Waals surface area contributed by atoms with E-state index in [1.54, 1.807) is 0 Å². The number of benzene rings is 2. The lowest BCUT2D eigenvalue weighted by molar-refractivity contribution is 0.584. The summed E-state index contributed by atoms with van der Waals surface area (Å²) in [4.78, 5) is 0. The van der Waals surface area contributed by atoms with Crippen LogP contribution in [0.3, 0.4) is 0 Å². The van der Waals surface area contributed by atoms with Gasteiger partial charge in [-0.15, -0.1) is 10.2 Å². The summed E-state index contributed by atoms with van der Waals surface area (Å²) in [6, 6.07) is 19.5. The fraction of sp³-hybridized carbons (Fsp3) is 0.222. The molecule has 0 amide bonds. The first-order valence-electron chi connectivity index (χ1n) is 7.49. The van der Waals surface area contributed by atoms with E-state index in [4.69, 9.17) is 10.2 Å². The van der Waals surface area contributed by atoms with Gasteiger partial charge in [0.2, 0.25) is 11.8 Å². The van der Waals surface area contributed by atoms with Gasteiger partial charge >= 0.3 is 0 Å². The van der Waals surface area contributed by atoms with Crippen molar-refractivity contribution in [2.45, 2.75) is 19.8 Å². The monoisotopic (exact) mass is 295 g/mol. The molecule has 114 valence electrons. The Kier molecular flexibility index (Phi) is 6.33. The van der Waals surface area contributed by atoms with E-state index in [2.05, 4.69) is 17.1 Å². The Bertz CT molecular complexity index is 594. The topological polar surface area (TPSA) is 64.9 Å². The van der Waals surface area contributed by atoms with Crippen LogP contribution in [-0.2, 0) is 0 Å². The molecule has 4 nitrogen and oxygen atoms in total. The summed E-state index contributed by atoms with van der Waals surface area (Å²) >= 11 is 0. The quantitative estimate of drug-likeness (QED) is 0.785. The van der Waals surface area contributed by atoms with Gasteiger partial charge in [-0.3, -0.25) is 0 Å². The molecular weight excluding hydrogens is 274 g/mol. The Morgan fingerprint density at radius 3 is 1.59 bits per heavy atom. The molecule has 0 radical (unpaired) electrons. The fourth-order valence-electron chi connectivity index (χ4n) is 1.82. The third kappa shape index (κ3) is 4.53. The molecule has 0 unspecified atom stereocenters. The molecule has 3 aromatic rings. The predicted octanol–water partition coefficient (Wildman–Crippen LogP) is 4.15. The van der Waals surface area contributed by atoms with Gasteiger partial charge in [0.25, 0.3) is 0 Å². The van der Waals surface area contributed by atoms with Crippen molar-refractivity contribution in [3.63, 3.8) is 0 Å². The molecule has 1 heterocycles. The van der Waals surface area contributed by atoms with Gasteiger partial charge in [0.15, 0.2) is 0 Å². The van der Waals surface area contributed by atoms with Crippen molar-refractivity contribution >= 4 is 0 Å². The van der Waals surface area contributed by atoms with Crippen LogP contribution in [0.25, 0.3) is 22.9 Å². The molecule has 4 heteroatoms. The highest BCUT2D eigenvalue weighted by Crippen LogP contribution is 2.22. The molecule has 2 N–H and O–H groups in total. The van der Waals surface area contributed by atoms with E-state index in [0.29, 0.717) is 11.8 Å². The van der Waals surface area contributed by atoms with Crippen LogP contribution in [0.15, 0.2) is 65.1 Å². The van der Waals surface area contributed by atoms with E-state index in [9.17, 15) is 0 Å². The maximum absolute atomic E-state index is 5.63. The summed E-state index contributed by atoms with van der Waals surface area (Å²) in [5.74, 6) is 1.09. The van der Waals surface area contributed by atoms with Crippen LogP contribution in [0.4, 0.5) is 0 Å². The Labute approximate surface area is 131 Å². The van der Waals surface area contributed by atoms with Crippen LogP contribution in [0, 0.1) is 0 Å². The van der Waals surface area contributed by atoms with Crippen molar-refractivity contribution in [2.24, 2.45) is 5.73 Å². The van der Waals surface area contributed by atoms with Crippen molar-refractivity contribution in [2.75, 3.05) is 6.54 Å². The SMILES string of the molecule is CCCCN.c1ccc(-c2nnc(-c3ccccc3)o2)cc1. The summed E-state index contributed by atoms with van der Waals surface area (Å²) in [7, 11) is 0. The van der Waals surface area contributed by atoms with Crippen LogP contribution in [0.2, 0.25) is 0 Å². The van der Waals surface area contributed by atoms with E-state index in [-0.39, 0.29) is 0 Å². The molecule has 1 aromatic heterocycles. The van der Waals surface area contributed by atoms with Gasteiger partial charge in [0.05, 0.1) is 0 Å². The second kappa shape index (κ2) is 8.74. The molecule has 0 saturated carbocycles. The van der Waals surface area contributed by atoms with E-state index in [1.165, 1.54) is 12.8 Å². The smallest absolute Gasteiger partial charge is 0.248 e. The number of unbranched alkanes of at least 4 members (excludes halogenated alkanes) is 1. The van der Waals surface area contributed by atoms with Crippen LogP contribution in [0.5, 0.6) is 0 Å². The lowest BCUT2D eigenvalue weighted by atomic mass is 10.2. The first kappa shape index (κ1) is 15.9. The van der Waals surface area contributed by atoms with E-state index in [0.717, 1.165) is 17.7 Å². The highest BCUT2D eigenvalue weighted by atomic mass is 16.4. The summed E-state index contributed by atoms with van der Waals surface area (Å²) in [6.07, 6.45) is 2.39. The molecule has 0 fully saturated rings. The van der Waals surface area contributed by atoms with Crippen LogP contribution >= 0.6 is 0 Å². The van der Waals surface area contributed by atoms with Crippen molar-refractivity contribution in [1.82, 2.24) is 10.2 Å². The summed E-state index contributed by atoms with van der Waals surface area (Å²) in [6.45, 7) is 2.98. The zero-order valence-corrected chi connectivity index (χ0v) is 12.8. The number of aromatic nitrogens is 2. The minimum atomic E-state index is 0.546. The Morgan fingerprint density at radius 1 is 0.818 bits per heavy atom. The lowest BCUT2D eigenvalue weighted by Crippen LogP contribution is -1.95. The van der Waals surface area contributed by atoms with Gasteiger partial charge in [0, 0.05) is 11.1 Å². The molecule has 22 heavy (non-hydrogen) atoms. The third-order valence-electron chi connectivity index (χ3n) is 3.02. The van der Waals surface area contributed by atoms with Gasteiger partial charge in [0.1, 0.15) is 0 Å². The molecule has 3 rings (SSSR count). The number of hydrogen-bond donors (Lipinski definition) is 1. The summed E-state index contributed by atoms with van der Waals surface area (Å²) in [5.41, 5.74) is 7.00. The summed E-state index contributed by atoms with van der Waals surface area (Å²) < 4.78 is 5.63. The molecule has 2 aromatic carbocycles. The first-order chi connectivity index (χ1) is 10.8. The highest BCUT2D eigenvalue weighted by Gasteiger charge is 2.08. The number of hydrogen-bond acceptors (Lipinski definition) is 4. The fourth-order valence-corrected chi connectivity index (χ4v) is 1.82. The van der Waals surface area contributed by atoms with Gasteiger partial charge < -0.3 is 10.2 Å². The minimum absolute atomic E-state index is 0.546. The molecule has 0 atom stereocenters. The third-order valence-corrected chi connectivity index (χ3v) is 3.02. The maximum atomic E-state index is 5.63. The van der Waals surface area contributed by atoms with Crippen molar-refractivity contribution in [3.8, 4) is 22.9 Å². The molecular formula is C18H21N3O. The van der Waals surface area contributed by atoms with Crippen LogP contribution in [-0.4, -0.2) is 16.7 Å². The van der Waals surface area contributed by atoms with Gasteiger partial charge in [-0.2, -0.15) is 0 Å².